The standard InChI is InChI=1S/C6H11.C3H6O3.Cu/c1-2-4-6-5-3-1;1-2(4)3(5)6;/h1H,2-6H2;2,4H,1H3,(H,5,6);/q;;+1/p-1. The molecule has 1 aliphatic carbocycles. The van der Waals surface area contributed by atoms with Gasteiger partial charge in [-0.1, -0.05) is 0 Å². The van der Waals surface area contributed by atoms with E-state index in [1.807, 2.05) is 0 Å². The number of hydrogen-bond donors (Lipinski definition) is 1. The molecule has 0 spiro atoms. The number of hydrogen-bond acceptors (Lipinski definition) is 3. The molecule has 4 heteroatoms. The quantitative estimate of drug-likeness (QED) is 0.670. The third kappa shape index (κ3) is 8.28. The zero-order valence-corrected chi connectivity index (χ0v) is 8.70. The van der Waals surface area contributed by atoms with Crippen LogP contribution in [0, 0.1) is 0 Å². The normalized spacial score (nSPS) is 20.0. The maximum absolute atomic E-state index is 9.34. The Kier molecular flexibility index (Phi) is 7.33. The van der Waals surface area contributed by atoms with Gasteiger partial charge in [0, 0.05) is 0 Å². The van der Waals surface area contributed by atoms with Crippen LogP contribution in [-0.2, 0) is 20.8 Å². The number of aliphatic hydroxyl groups excluding tert-OH is 1. The van der Waals surface area contributed by atoms with E-state index in [9.17, 15) is 9.90 Å². The first-order chi connectivity index (χ1) is 6.04. The molecule has 1 N–H and O–H groups in total. The van der Waals surface area contributed by atoms with E-state index in [2.05, 4.69) is 0 Å². The zero-order valence-electron chi connectivity index (χ0n) is 7.76. The van der Waals surface area contributed by atoms with Gasteiger partial charge in [0.25, 0.3) is 0 Å². The van der Waals surface area contributed by atoms with E-state index < -0.39 is 12.1 Å². The van der Waals surface area contributed by atoms with E-state index in [-0.39, 0.29) is 0 Å². The first-order valence-corrected chi connectivity index (χ1v) is 5.07. The molecule has 0 radical (unpaired) electrons. The molecule has 1 unspecified atom stereocenters. The third-order valence-corrected chi connectivity index (χ3v) is 2.38. The minimum atomic E-state index is -1.44. The van der Waals surface area contributed by atoms with Gasteiger partial charge < -0.3 is 15.0 Å². The fourth-order valence-corrected chi connectivity index (χ4v) is 1.41. The second kappa shape index (κ2) is 7.36. The maximum atomic E-state index is 9.34. The summed E-state index contributed by atoms with van der Waals surface area (Å²) in [5.74, 6) is -1.44. The SMILES string of the molecule is CC(O)C(=O)[O-].[Cu+][CH]1CCCCC1. The number of carbonyl (C=O) groups excluding carboxylic acids is 1. The molecule has 0 bridgehead atoms. The Morgan fingerprint density at radius 3 is 2.00 bits per heavy atom. The van der Waals surface area contributed by atoms with Gasteiger partial charge in [-0.15, -0.1) is 0 Å². The zero-order chi connectivity index (χ0) is 10.3. The van der Waals surface area contributed by atoms with Crippen molar-refractivity contribution in [1.29, 1.82) is 0 Å². The van der Waals surface area contributed by atoms with Crippen molar-refractivity contribution in [1.82, 2.24) is 0 Å². The molecular formula is C9H16CuO3. The van der Waals surface area contributed by atoms with Gasteiger partial charge in [-0.3, -0.25) is 0 Å². The van der Waals surface area contributed by atoms with Gasteiger partial charge in [-0.05, 0) is 6.92 Å². The van der Waals surface area contributed by atoms with Crippen molar-refractivity contribution in [3.63, 3.8) is 0 Å². The van der Waals surface area contributed by atoms with E-state index >= 15 is 0 Å². The van der Waals surface area contributed by atoms with Crippen molar-refractivity contribution >= 4 is 5.97 Å². The molecule has 0 aromatic heterocycles. The van der Waals surface area contributed by atoms with E-state index in [1.54, 1.807) is 0 Å². The van der Waals surface area contributed by atoms with Crippen LogP contribution in [0.15, 0.2) is 0 Å². The van der Waals surface area contributed by atoms with Crippen LogP contribution < -0.4 is 5.11 Å². The summed E-state index contributed by atoms with van der Waals surface area (Å²) in [6.07, 6.45) is 5.42. The Labute approximate surface area is 87.3 Å². The monoisotopic (exact) mass is 235 g/mol. The summed E-state index contributed by atoms with van der Waals surface area (Å²) in [5, 5.41) is 17.3. The molecule has 0 saturated heterocycles. The van der Waals surface area contributed by atoms with Gasteiger partial charge in [0.05, 0.1) is 12.1 Å². The summed E-state index contributed by atoms with van der Waals surface area (Å²) in [4.78, 5) is 9.94. The number of aliphatic carboxylic acids is 1. The van der Waals surface area contributed by atoms with E-state index in [1.165, 1.54) is 32.1 Å². The summed E-state index contributed by atoms with van der Waals surface area (Å²) < 4.78 is 0. The predicted molar refractivity (Wildman–Crippen MR) is 43.5 cm³/mol. The van der Waals surface area contributed by atoms with E-state index in [0.29, 0.717) is 4.82 Å². The molecule has 1 rings (SSSR count). The molecule has 1 saturated carbocycles. The van der Waals surface area contributed by atoms with Crippen LogP contribution in [-0.4, -0.2) is 17.2 Å². The Bertz CT molecular complexity index is 142. The number of carboxylic acid groups (broad SMARTS) is 1. The molecule has 0 amide bonds. The van der Waals surface area contributed by atoms with E-state index in [4.69, 9.17) is 21.1 Å². The molecule has 1 atom stereocenters. The van der Waals surface area contributed by atoms with Gasteiger partial charge in [0.1, 0.15) is 0 Å². The Morgan fingerprint density at radius 2 is 1.85 bits per heavy atom. The van der Waals surface area contributed by atoms with Crippen LogP contribution in [0.2, 0.25) is 4.82 Å². The molecule has 81 valence electrons. The molecular weight excluding hydrogens is 220 g/mol. The van der Waals surface area contributed by atoms with Crippen LogP contribution >= 0.6 is 0 Å². The van der Waals surface area contributed by atoms with Crippen molar-refractivity contribution in [3.05, 3.63) is 0 Å². The van der Waals surface area contributed by atoms with Gasteiger partial charge in [-0.2, -0.15) is 0 Å². The van der Waals surface area contributed by atoms with Crippen molar-refractivity contribution in [2.75, 3.05) is 0 Å². The minimum absolute atomic E-state index is 0.598. The van der Waals surface area contributed by atoms with Crippen LogP contribution in [0.4, 0.5) is 0 Å². The first kappa shape index (κ1) is 12.9. The Hall–Kier alpha value is -0.0505. The molecule has 0 aromatic rings. The van der Waals surface area contributed by atoms with Gasteiger partial charge in [0.15, 0.2) is 0 Å². The third-order valence-electron chi connectivity index (χ3n) is 1.83. The van der Waals surface area contributed by atoms with Gasteiger partial charge in [0.2, 0.25) is 0 Å². The van der Waals surface area contributed by atoms with Gasteiger partial charge in [-0.25, -0.2) is 0 Å². The van der Waals surface area contributed by atoms with Crippen molar-refractivity contribution in [3.8, 4) is 0 Å². The second-order valence-corrected chi connectivity index (χ2v) is 3.94. The topological polar surface area (TPSA) is 60.4 Å². The van der Waals surface area contributed by atoms with Crippen molar-refractivity contribution in [2.45, 2.75) is 49.9 Å². The van der Waals surface area contributed by atoms with Crippen LogP contribution in [0.25, 0.3) is 0 Å². The summed E-state index contributed by atoms with van der Waals surface area (Å²) in [7, 11) is 0. The van der Waals surface area contributed by atoms with E-state index in [0.717, 1.165) is 6.92 Å². The number of aliphatic hydroxyl groups is 1. The van der Waals surface area contributed by atoms with Crippen molar-refractivity contribution in [2.24, 2.45) is 0 Å². The molecule has 3 nitrogen and oxygen atoms in total. The van der Waals surface area contributed by atoms with Crippen LogP contribution in [0.3, 0.4) is 0 Å². The van der Waals surface area contributed by atoms with Gasteiger partial charge >= 0.3 is 52.9 Å². The average molecular weight is 236 g/mol. The predicted octanol–water partition coefficient (Wildman–Crippen LogP) is 0.403. The summed E-state index contributed by atoms with van der Waals surface area (Å²) in [5.41, 5.74) is 0. The van der Waals surface area contributed by atoms with Crippen LogP contribution in [0.5, 0.6) is 0 Å². The second-order valence-electron chi connectivity index (χ2n) is 3.17. The fourth-order valence-electron chi connectivity index (χ4n) is 1.02. The summed E-state index contributed by atoms with van der Waals surface area (Å²) >= 11 is 5.23. The first-order valence-electron chi connectivity index (χ1n) is 4.52. The average Bonchev–Trinajstić information content (AvgIpc) is 2.06. The summed E-state index contributed by atoms with van der Waals surface area (Å²) in [6, 6.07) is 0. The molecule has 1 fully saturated rings. The Balaban J connectivity index is 0.000000226. The molecule has 0 aromatic carbocycles. The summed E-state index contributed by atoms with van der Waals surface area (Å²) in [6.45, 7) is 1.13. The Morgan fingerprint density at radius 1 is 1.46 bits per heavy atom. The number of carbonyl (C=O) groups is 1. The van der Waals surface area contributed by atoms with Crippen molar-refractivity contribution < 1.29 is 31.0 Å². The van der Waals surface area contributed by atoms with Crippen LogP contribution in [0.1, 0.15) is 39.0 Å². The molecule has 1 aliphatic rings. The number of carboxylic acids is 1. The fraction of sp³-hybridized carbons (Fsp3) is 0.889. The molecule has 0 heterocycles. The number of rotatable bonds is 1. The molecule has 13 heavy (non-hydrogen) atoms. The molecule has 0 aliphatic heterocycles.